The molecule has 29 heavy (non-hydrogen) atoms. The lowest BCUT2D eigenvalue weighted by Gasteiger charge is -2.17. The van der Waals surface area contributed by atoms with Crippen molar-refractivity contribution in [1.82, 2.24) is 9.55 Å². The number of carboxylic acid groups (broad SMARTS) is 1. The second-order valence-electron chi connectivity index (χ2n) is 6.78. The number of aromatic nitrogens is 2. The molecule has 3 aromatic rings. The SMILES string of the molecule is CCCCCn1ccnc1.O=C(O)c1ccc2c(c1)C(=O)c1ccccc1C2=O. The fraction of sp³-hybridized carbons (Fsp3) is 0.217. The number of aromatic carboxylic acids is 1. The molecule has 4 rings (SSSR count). The van der Waals surface area contributed by atoms with Crippen LogP contribution in [0.25, 0.3) is 0 Å². The fourth-order valence-electron chi connectivity index (χ4n) is 3.20. The molecule has 0 spiro atoms. The lowest BCUT2D eigenvalue weighted by atomic mass is 9.83. The monoisotopic (exact) mass is 390 g/mol. The quantitative estimate of drug-likeness (QED) is 0.515. The van der Waals surface area contributed by atoms with Gasteiger partial charge < -0.3 is 9.67 Å². The zero-order chi connectivity index (χ0) is 20.8. The van der Waals surface area contributed by atoms with Gasteiger partial charge in [-0.25, -0.2) is 9.78 Å². The molecule has 2 aromatic carbocycles. The van der Waals surface area contributed by atoms with Gasteiger partial charge in [-0.05, 0) is 24.6 Å². The van der Waals surface area contributed by atoms with E-state index in [1.165, 1.54) is 37.5 Å². The van der Waals surface area contributed by atoms with E-state index in [1.54, 1.807) is 24.3 Å². The van der Waals surface area contributed by atoms with Crippen LogP contribution in [0, 0.1) is 0 Å². The third-order valence-electron chi connectivity index (χ3n) is 4.75. The summed E-state index contributed by atoms with van der Waals surface area (Å²) in [7, 11) is 0. The molecular weight excluding hydrogens is 368 g/mol. The van der Waals surface area contributed by atoms with Crippen LogP contribution in [0.3, 0.4) is 0 Å². The van der Waals surface area contributed by atoms with Crippen LogP contribution in [-0.2, 0) is 6.54 Å². The van der Waals surface area contributed by atoms with Crippen LogP contribution in [0.1, 0.15) is 68.4 Å². The van der Waals surface area contributed by atoms with Gasteiger partial charge >= 0.3 is 5.97 Å². The Morgan fingerprint density at radius 1 is 0.966 bits per heavy atom. The number of hydrogen-bond donors (Lipinski definition) is 1. The summed E-state index contributed by atoms with van der Waals surface area (Å²) >= 11 is 0. The molecule has 0 atom stereocenters. The van der Waals surface area contributed by atoms with Gasteiger partial charge in [-0.1, -0.05) is 44.0 Å². The van der Waals surface area contributed by atoms with E-state index in [0.29, 0.717) is 11.1 Å². The highest BCUT2D eigenvalue weighted by atomic mass is 16.4. The van der Waals surface area contributed by atoms with E-state index in [-0.39, 0.29) is 28.3 Å². The molecule has 1 aliphatic carbocycles. The molecule has 0 bridgehead atoms. The largest absolute Gasteiger partial charge is 0.478 e. The number of carboxylic acids is 1. The lowest BCUT2D eigenvalue weighted by Crippen LogP contribution is -2.21. The molecule has 0 amide bonds. The average molecular weight is 390 g/mol. The molecule has 6 heteroatoms. The molecule has 148 valence electrons. The summed E-state index contributed by atoms with van der Waals surface area (Å²) in [6.07, 6.45) is 9.58. The Labute approximate surface area is 168 Å². The zero-order valence-electron chi connectivity index (χ0n) is 16.2. The fourth-order valence-corrected chi connectivity index (χ4v) is 3.20. The number of aryl methyl sites for hydroxylation is 1. The number of nitrogens with zero attached hydrogens (tertiary/aromatic N) is 2. The predicted molar refractivity (Wildman–Crippen MR) is 108 cm³/mol. The Kier molecular flexibility index (Phi) is 6.34. The van der Waals surface area contributed by atoms with Crippen LogP contribution in [0.2, 0.25) is 0 Å². The van der Waals surface area contributed by atoms with Gasteiger partial charge in [-0.3, -0.25) is 9.59 Å². The number of imidazole rings is 1. The second kappa shape index (κ2) is 9.10. The standard InChI is InChI=1S/C15H8O4.C8H14N2/c16-13-9-3-1-2-4-10(9)14(17)12-7-8(15(18)19)5-6-11(12)13;1-2-3-4-6-10-7-5-9-8-10/h1-7H,(H,18,19);5,7-8H,2-4,6H2,1H3. The van der Waals surface area contributed by atoms with Gasteiger partial charge in [-0.15, -0.1) is 0 Å². The van der Waals surface area contributed by atoms with Crippen molar-refractivity contribution >= 4 is 17.5 Å². The molecule has 0 saturated carbocycles. The molecule has 1 N–H and O–H groups in total. The zero-order valence-corrected chi connectivity index (χ0v) is 16.2. The Morgan fingerprint density at radius 2 is 1.62 bits per heavy atom. The van der Waals surface area contributed by atoms with Crippen LogP contribution < -0.4 is 0 Å². The van der Waals surface area contributed by atoms with Gasteiger partial charge in [0.25, 0.3) is 0 Å². The van der Waals surface area contributed by atoms with E-state index in [0.717, 1.165) is 6.54 Å². The van der Waals surface area contributed by atoms with E-state index >= 15 is 0 Å². The Bertz CT molecular complexity index is 1040. The number of fused-ring (bicyclic) bond motifs is 2. The predicted octanol–water partition coefficient (Wildman–Crippen LogP) is 4.23. The minimum absolute atomic E-state index is 0.000666. The van der Waals surface area contributed by atoms with E-state index in [9.17, 15) is 14.4 Å². The van der Waals surface area contributed by atoms with E-state index in [4.69, 9.17) is 5.11 Å². The van der Waals surface area contributed by atoms with Crippen molar-refractivity contribution in [2.45, 2.75) is 32.7 Å². The number of rotatable bonds is 5. The van der Waals surface area contributed by atoms with Crippen LogP contribution in [0.4, 0.5) is 0 Å². The van der Waals surface area contributed by atoms with Gasteiger partial charge in [0, 0.05) is 41.2 Å². The Morgan fingerprint density at radius 3 is 2.21 bits per heavy atom. The number of hydrogen-bond acceptors (Lipinski definition) is 4. The van der Waals surface area contributed by atoms with Crippen molar-refractivity contribution in [3.05, 3.63) is 89.0 Å². The first-order valence-corrected chi connectivity index (χ1v) is 9.54. The average Bonchev–Trinajstić information content (AvgIpc) is 3.26. The Balaban J connectivity index is 0.000000204. The van der Waals surface area contributed by atoms with Crippen molar-refractivity contribution in [1.29, 1.82) is 0 Å². The van der Waals surface area contributed by atoms with Gasteiger partial charge in [0.05, 0.1) is 11.9 Å². The van der Waals surface area contributed by atoms with Crippen molar-refractivity contribution in [2.24, 2.45) is 0 Å². The van der Waals surface area contributed by atoms with Crippen molar-refractivity contribution in [2.75, 3.05) is 0 Å². The first-order valence-electron chi connectivity index (χ1n) is 9.54. The van der Waals surface area contributed by atoms with Crippen LogP contribution in [0.5, 0.6) is 0 Å². The molecule has 1 aliphatic rings. The summed E-state index contributed by atoms with van der Waals surface area (Å²) in [6, 6.07) is 10.5. The lowest BCUT2D eigenvalue weighted by molar-refractivity contribution is 0.0696. The highest BCUT2D eigenvalue weighted by Gasteiger charge is 2.29. The molecule has 0 aliphatic heterocycles. The maximum absolute atomic E-state index is 12.3. The molecule has 0 saturated heterocycles. The second-order valence-corrected chi connectivity index (χ2v) is 6.78. The number of carbonyl (C=O) groups is 3. The number of unbranched alkanes of at least 4 members (excludes halogenated alkanes) is 2. The van der Waals surface area contributed by atoms with Crippen LogP contribution in [0.15, 0.2) is 61.2 Å². The summed E-state index contributed by atoms with van der Waals surface area (Å²) in [4.78, 5) is 39.4. The molecule has 0 unspecified atom stereocenters. The van der Waals surface area contributed by atoms with Crippen molar-refractivity contribution in [3.8, 4) is 0 Å². The number of ketones is 2. The minimum atomic E-state index is -1.12. The molecule has 6 nitrogen and oxygen atoms in total. The van der Waals surface area contributed by atoms with Gasteiger partial charge in [0.1, 0.15) is 0 Å². The number of carbonyl (C=O) groups excluding carboxylic acids is 2. The molecule has 0 fully saturated rings. The first kappa shape index (κ1) is 20.2. The van der Waals surface area contributed by atoms with Gasteiger partial charge in [0.2, 0.25) is 0 Å². The molecular formula is C23H22N2O4. The maximum atomic E-state index is 12.3. The van der Waals surface area contributed by atoms with Gasteiger partial charge in [0.15, 0.2) is 11.6 Å². The Hall–Kier alpha value is -3.54. The summed E-state index contributed by atoms with van der Waals surface area (Å²) in [6.45, 7) is 3.34. The van der Waals surface area contributed by atoms with E-state index < -0.39 is 5.97 Å². The number of benzene rings is 2. The third kappa shape index (κ3) is 4.48. The molecule has 1 aromatic heterocycles. The summed E-state index contributed by atoms with van der Waals surface area (Å²) in [5, 5.41) is 8.94. The van der Waals surface area contributed by atoms with E-state index in [2.05, 4.69) is 16.5 Å². The minimum Gasteiger partial charge on any atom is -0.478 e. The first-order chi connectivity index (χ1) is 14.0. The smallest absolute Gasteiger partial charge is 0.335 e. The van der Waals surface area contributed by atoms with Crippen molar-refractivity contribution < 1.29 is 19.5 Å². The normalized spacial score (nSPS) is 11.9. The highest BCUT2D eigenvalue weighted by molar-refractivity contribution is 6.28. The third-order valence-corrected chi connectivity index (χ3v) is 4.75. The maximum Gasteiger partial charge on any atom is 0.335 e. The van der Waals surface area contributed by atoms with Crippen LogP contribution >= 0.6 is 0 Å². The topological polar surface area (TPSA) is 89.3 Å². The summed E-state index contributed by atoms with van der Waals surface area (Å²) in [5.41, 5.74) is 1.10. The van der Waals surface area contributed by atoms with Crippen molar-refractivity contribution in [3.63, 3.8) is 0 Å². The molecule has 0 radical (unpaired) electrons. The summed E-state index contributed by atoms with van der Waals surface area (Å²) < 4.78 is 2.12. The van der Waals surface area contributed by atoms with E-state index in [1.807, 2.05) is 18.7 Å². The van der Waals surface area contributed by atoms with Gasteiger partial charge in [-0.2, -0.15) is 0 Å². The highest BCUT2D eigenvalue weighted by Crippen LogP contribution is 2.27. The summed E-state index contributed by atoms with van der Waals surface area (Å²) in [5.74, 6) is -1.68. The molecule has 1 heterocycles. The van der Waals surface area contributed by atoms with Crippen LogP contribution in [-0.4, -0.2) is 32.2 Å².